The molecule has 1 amide bonds. The van der Waals surface area contributed by atoms with Crippen LogP contribution in [-0.2, 0) is 17.8 Å². The Morgan fingerprint density at radius 1 is 0.886 bits per heavy atom. The van der Waals surface area contributed by atoms with Gasteiger partial charge in [0.2, 0.25) is 5.91 Å². The number of fused-ring (bicyclic) bond motifs is 1. The van der Waals surface area contributed by atoms with Crippen LogP contribution in [0.3, 0.4) is 0 Å². The van der Waals surface area contributed by atoms with Gasteiger partial charge in [0.15, 0.2) is 0 Å². The standard InChI is InChI=1S/C26H22Cl2F2N4O/c27-18-14-22-24(15-19(18)28)34(25(31-22)13-17-5-1-2-6-20(17)29)16-26(35)33-11-9-32(10-12-33)23-8-4-3-7-21(23)30/h1-8,14-15H,9-13,16H2. The van der Waals surface area contributed by atoms with Gasteiger partial charge in [-0.25, -0.2) is 13.8 Å². The van der Waals surface area contributed by atoms with Crippen molar-refractivity contribution in [2.45, 2.75) is 13.0 Å². The number of aromatic nitrogens is 2. The van der Waals surface area contributed by atoms with Crippen molar-refractivity contribution in [3.8, 4) is 0 Å². The first-order valence-corrected chi connectivity index (χ1v) is 12.0. The molecule has 0 N–H and O–H groups in total. The van der Waals surface area contributed by atoms with E-state index in [4.69, 9.17) is 23.2 Å². The zero-order valence-corrected chi connectivity index (χ0v) is 20.2. The smallest absolute Gasteiger partial charge is 0.242 e. The number of benzene rings is 3. The molecule has 1 saturated heterocycles. The lowest BCUT2D eigenvalue weighted by molar-refractivity contribution is -0.132. The molecule has 5 rings (SSSR count). The van der Waals surface area contributed by atoms with Gasteiger partial charge in [-0.2, -0.15) is 0 Å². The highest BCUT2D eigenvalue weighted by atomic mass is 35.5. The van der Waals surface area contributed by atoms with Crippen LogP contribution in [0.15, 0.2) is 60.7 Å². The average Bonchev–Trinajstić information content (AvgIpc) is 3.16. The second-order valence-electron chi connectivity index (χ2n) is 8.46. The summed E-state index contributed by atoms with van der Waals surface area (Å²) in [5, 5.41) is 0.709. The quantitative estimate of drug-likeness (QED) is 0.350. The Balaban J connectivity index is 1.39. The molecule has 1 fully saturated rings. The largest absolute Gasteiger partial charge is 0.366 e. The first kappa shape index (κ1) is 23.6. The number of para-hydroxylation sites is 1. The second-order valence-corrected chi connectivity index (χ2v) is 9.27. The molecule has 4 aromatic rings. The fraction of sp³-hybridized carbons (Fsp3) is 0.231. The highest BCUT2D eigenvalue weighted by molar-refractivity contribution is 6.42. The van der Waals surface area contributed by atoms with Crippen molar-refractivity contribution in [2.75, 3.05) is 31.1 Å². The van der Waals surface area contributed by atoms with Crippen LogP contribution in [0.4, 0.5) is 14.5 Å². The minimum Gasteiger partial charge on any atom is -0.366 e. The van der Waals surface area contributed by atoms with Crippen molar-refractivity contribution in [1.82, 2.24) is 14.5 Å². The summed E-state index contributed by atoms with van der Waals surface area (Å²) in [4.78, 5) is 21.6. The number of nitrogens with zero attached hydrogens (tertiary/aromatic N) is 4. The maximum atomic E-state index is 14.4. The summed E-state index contributed by atoms with van der Waals surface area (Å²) < 4.78 is 30.3. The van der Waals surface area contributed by atoms with Gasteiger partial charge in [0.1, 0.15) is 24.0 Å². The van der Waals surface area contributed by atoms with Gasteiger partial charge in [-0.3, -0.25) is 4.79 Å². The summed E-state index contributed by atoms with van der Waals surface area (Å²) in [6, 6.07) is 16.5. The number of halogens is 4. The molecule has 3 aromatic carbocycles. The third-order valence-corrected chi connectivity index (χ3v) is 7.02. The van der Waals surface area contributed by atoms with Crippen LogP contribution < -0.4 is 4.90 Å². The van der Waals surface area contributed by atoms with Gasteiger partial charge in [-0.15, -0.1) is 0 Å². The summed E-state index contributed by atoms with van der Waals surface area (Å²) in [7, 11) is 0. The molecule has 35 heavy (non-hydrogen) atoms. The average molecular weight is 515 g/mol. The number of hydrogen-bond acceptors (Lipinski definition) is 3. The topological polar surface area (TPSA) is 41.4 Å². The summed E-state index contributed by atoms with van der Waals surface area (Å²) >= 11 is 12.5. The number of amides is 1. The SMILES string of the molecule is O=C(Cn1c(Cc2ccccc2F)nc2cc(Cl)c(Cl)cc21)N1CCN(c2ccccc2F)CC1. The summed E-state index contributed by atoms with van der Waals surface area (Å²) in [6.07, 6.45) is 0.213. The number of rotatable bonds is 5. The lowest BCUT2D eigenvalue weighted by atomic mass is 10.1. The Labute approximate surface area is 211 Å². The molecule has 0 unspecified atom stereocenters. The van der Waals surface area contributed by atoms with Crippen molar-refractivity contribution >= 4 is 45.8 Å². The summed E-state index contributed by atoms with van der Waals surface area (Å²) in [5.41, 5.74) is 2.26. The van der Waals surface area contributed by atoms with Gasteiger partial charge < -0.3 is 14.4 Å². The first-order valence-electron chi connectivity index (χ1n) is 11.3. The van der Waals surface area contributed by atoms with Crippen molar-refractivity contribution in [3.05, 3.63) is 93.7 Å². The number of hydrogen-bond donors (Lipinski definition) is 0. The van der Waals surface area contributed by atoms with E-state index in [9.17, 15) is 13.6 Å². The molecule has 1 aliphatic heterocycles. The summed E-state index contributed by atoms with van der Waals surface area (Å²) in [6.45, 7) is 2.02. The zero-order chi connectivity index (χ0) is 24.5. The Morgan fingerprint density at radius 2 is 1.54 bits per heavy atom. The fourth-order valence-corrected chi connectivity index (χ4v) is 4.75. The summed E-state index contributed by atoms with van der Waals surface area (Å²) in [5.74, 6) is -0.164. The maximum Gasteiger partial charge on any atom is 0.242 e. The van der Waals surface area contributed by atoms with E-state index >= 15 is 0 Å². The van der Waals surface area contributed by atoms with Gasteiger partial charge in [-0.1, -0.05) is 53.5 Å². The molecule has 5 nitrogen and oxygen atoms in total. The van der Waals surface area contributed by atoms with Gasteiger partial charge in [0.05, 0.1) is 26.8 Å². The van der Waals surface area contributed by atoms with Crippen LogP contribution >= 0.6 is 23.2 Å². The van der Waals surface area contributed by atoms with Crippen molar-refractivity contribution in [1.29, 1.82) is 0 Å². The monoisotopic (exact) mass is 514 g/mol. The van der Waals surface area contributed by atoms with Crippen LogP contribution in [0.1, 0.15) is 11.4 Å². The highest BCUT2D eigenvalue weighted by Gasteiger charge is 2.25. The lowest BCUT2D eigenvalue weighted by Crippen LogP contribution is -2.49. The van der Waals surface area contributed by atoms with E-state index in [1.165, 1.54) is 12.1 Å². The van der Waals surface area contributed by atoms with E-state index in [0.29, 0.717) is 64.3 Å². The molecule has 1 aliphatic rings. The van der Waals surface area contributed by atoms with Gasteiger partial charge in [0.25, 0.3) is 0 Å². The Hall–Kier alpha value is -3.16. The number of anilines is 1. The van der Waals surface area contributed by atoms with Crippen molar-refractivity contribution < 1.29 is 13.6 Å². The van der Waals surface area contributed by atoms with Gasteiger partial charge in [-0.05, 0) is 35.9 Å². The lowest BCUT2D eigenvalue weighted by Gasteiger charge is -2.36. The van der Waals surface area contributed by atoms with Crippen LogP contribution in [0.2, 0.25) is 10.0 Å². The number of piperazine rings is 1. The maximum absolute atomic E-state index is 14.4. The molecule has 0 aliphatic carbocycles. The van der Waals surface area contributed by atoms with E-state index in [1.807, 2.05) is 4.90 Å². The third kappa shape index (κ3) is 4.83. The molecule has 2 heterocycles. The van der Waals surface area contributed by atoms with Crippen molar-refractivity contribution in [3.63, 3.8) is 0 Å². The Bertz CT molecular complexity index is 1400. The van der Waals surface area contributed by atoms with Crippen LogP contribution in [0.5, 0.6) is 0 Å². The fourth-order valence-electron chi connectivity index (χ4n) is 4.43. The number of carbonyl (C=O) groups excluding carboxylic acids is 1. The molecule has 0 saturated carbocycles. The normalized spacial score (nSPS) is 14.1. The molecule has 0 spiro atoms. The molecule has 9 heteroatoms. The zero-order valence-electron chi connectivity index (χ0n) is 18.7. The van der Waals surface area contributed by atoms with Gasteiger partial charge in [0, 0.05) is 32.6 Å². The molecule has 180 valence electrons. The Morgan fingerprint density at radius 3 is 2.26 bits per heavy atom. The number of carbonyl (C=O) groups is 1. The predicted molar refractivity (Wildman–Crippen MR) is 134 cm³/mol. The highest BCUT2D eigenvalue weighted by Crippen LogP contribution is 2.29. The molecular weight excluding hydrogens is 493 g/mol. The van der Waals surface area contributed by atoms with E-state index in [0.717, 1.165) is 0 Å². The minimum atomic E-state index is -0.335. The van der Waals surface area contributed by atoms with Gasteiger partial charge >= 0.3 is 0 Å². The van der Waals surface area contributed by atoms with Crippen LogP contribution in [-0.4, -0.2) is 46.5 Å². The predicted octanol–water partition coefficient (Wildman–Crippen LogP) is 5.56. The Kier molecular flexibility index (Phi) is 6.62. The van der Waals surface area contributed by atoms with Crippen LogP contribution in [0.25, 0.3) is 11.0 Å². The van der Waals surface area contributed by atoms with E-state index in [-0.39, 0.29) is 30.5 Å². The van der Waals surface area contributed by atoms with E-state index in [1.54, 1.807) is 58.0 Å². The van der Waals surface area contributed by atoms with Crippen LogP contribution in [0, 0.1) is 11.6 Å². The molecular formula is C26H22Cl2F2N4O. The minimum absolute atomic E-state index is 0.0257. The number of imidazole rings is 1. The molecule has 0 radical (unpaired) electrons. The molecule has 1 aromatic heterocycles. The third-order valence-electron chi connectivity index (χ3n) is 6.29. The second kappa shape index (κ2) is 9.84. The first-order chi connectivity index (χ1) is 16.9. The van der Waals surface area contributed by atoms with E-state index < -0.39 is 0 Å². The van der Waals surface area contributed by atoms with E-state index in [2.05, 4.69) is 4.98 Å². The molecule has 0 bridgehead atoms. The molecule has 0 atom stereocenters. The van der Waals surface area contributed by atoms with Crippen molar-refractivity contribution in [2.24, 2.45) is 0 Å².